The fourth-order valence-corrected chi connectivity index (χ4v) is 1.68. The standard InChI is InChI=1S/C13H22N2O5/c1-4-5-9(17)6-11(14-3)13(20)15-10(8(2)16)7-12(18)19/h10-11,14H,4-7H2,1-3H3,(H,15,20)(H,18,19). The molecule has 0 aromatic carbocycles. The SMILES string of the molecule is CCCC(=O)CC(NC)C(=O)NC(CC(=O)O)C(C)=O. The summed E-state index contributed by atoms with van der Waals surface area (Å²) in [6, 6.07) is -1.83. The second kappa shape index (κ2) is 9.19. The minimum atomic E-state index is -1.17. The molecule has 0 aliphatic heterocycles. The Morgan fingerprint density at radius 3 is 2.10 bits per heavy atom. The topological polar surface area (TPSA) is 113 Å². The summed E-state index contributed by atoms with van der Waals surface area (Å²) in [5.74, 6) is -2.21. The molecule has 0 radical (unpaired) electrons. The lowest BCUT2D eigenvalue weighted by atomic mass is 10.0. The lowest BCUT2D eigenvalue weighted by Crippen LogP contribution is -2.50. The van der Waals surface area contributed by atoms with Gasteiger partial charge in [-0.05, 0) is 20.4 Å². The number of aliphatic carboxylic acids is 1. The minimum absolute atomic E-state index is 0.0217. The van der Waals surface area contributed by atoms with Crippen LogP contribution in [0.3, 0.4) is 0 Å². The van der Waals surface area contributed by atoms with E-state index in [2.05, 4.69) is 10.6 Å². The number of carboxylic acid groups (broad SMARTS) is 1. The molecular formula is C13H22N2O5. The number of likely N-dealkylation sites (N-methyl/N-ethyl adjacent to an activating group) is 1. The van der Waals surface area contributed by atoms with E-state index in [1.165, 1.54) is 14.0 Å². The highest BCUT2D eigenvalue weighted by molar-refractivity contribution is 5.94. The van der Waals surface area contributed by atoms with Crippen LogP contribution in [0.2, 0.25) is 0 Å². The van der Waals surface area contributed by atoms with E-state index in [1.807, 2.05) is 6.92 Å². The number of ketones is 2. The first-order valence-corrected chi connectivity index (χ1v) is 6.53. The summed E-state index contributed by atoms with van der Waals surface area (Å²) in [7, 11) is 1.53. The zero-order valence-corrected chi connectivity index (χ0v) is 12.1. The number of carbonyl (C=O) groups excluding carboxylic acids is 3. The van der Waals surface area contributed by atoms with Gasteiger partial charge in [0.15, 0.2) is 5.78 Å². The number of hydrogen-bond donors (Lipinski definition) is 3. The number of carbonyl (C=O) groups is 4. The fourth-order valence-electron chi connectivity index (χ4n) is 1.68. The summed E-state index contributed by atoms with van der Waals surface area (Å²) in [5, 5.41) is 13.7. The van der Waals surface area contributed by atoms with Crippen LogP contribution in [0, 0.1) is 0 Å². The Bertz CT molecular complexity index is 381. The van der Waals surface area contributed by atoms with Gasteiger partial charge >= 0.3 is 5.97 Å². The number of Topliss-reactive ketones (excluding diaryl/α,β-unsaturated/α-hetero) is 2. The maximum Gasteiger partial charge on any atom is 0.305 e. The van der Waals surface area contributed by atoms with Crippen molar-refractivity contribution in [2.24, 2.45) is 0 Å². The molecule has 0 spiro atoms. The van der Waals surface area contributed by atoms with Crippen molar-refractivity contribution in [2.45, 2.75) is 51.6 Å². The van der Waals surface area contributed by atoms with Crippen LogP contribution < -0.4 is 10.6 Å². The van der Waals surface area contributed by atoms with E-state index in [0.29, 0.717) is 12.8 Å². The summed E-state index contributed by atoms with van der Waals surface area (Å²) in [6.07, 6.45) is 0.636. The van der Waals surface area contributed by atoms with Crippen molar-refractivity contribution >= 4 is 23.4 Å². The molecular weight excluding hydrogens is 264 g/mol. The molecule has 3 N–H and O–H groups in total. The zero-order chi connectivity index (χ0) is 15.7. The zero-order valence-electron chi connectivity index (χ0n) is 12.1. The molecule has 0 saturated carbocycles. The molecule has 1 amide bonds. The van der Waals surface area contributed by atoms with Crippen LogP contribution in [0.25, 0.3) is 0 Å². The monoisotopic (exact) mass is 286 g/mol. The smallest absolute Gasteiger partial charge is 0.305 e. The third-order valence-electron chi connectivity index (χ3n) is 2.81. The van der Waals surface area contributed by atoms with Crippen molar-refractivity contribution in [1.82, 2.24) is 10.6 Å². The average molecular weight is 286 g/mol. The normalized spacial score (nSPS) is 13.3. The van der Waals surface area contributed by atoms with Crippen LogP contribution in [0.1, 0.15) is 39.5 Å². The molecule has 20 heavy (non-hydrogen) atoms. The second-order valence-electron chi connectivity index (χ2n) is 4.60. The second-order valence-corrected chi connectivity index (χ2v) is 4.60. The van der Waals surface area contributed by atoms with Crippen molar-refractivity contribution in [2.75, 3.05) is 7.05 Å². The van der Waals surface area contributed by atoms with Gasteiger partial charge in [0.25, 0.3) is 0 Å². The number of rotatable bonds is 10. The van der Waals surface area contributed by atoms with Gasteiger partial charge in [0, 0.05) is 12.8 Å². The highest BCUT2D eigenvalue weighted by Crippen LogP contribution is 2.02. The van der Waals surface area contributed by atoms with Gasteiger partial charge in [-0.1, -0.05) is 6.92 Å². The first-order valence-electron chi connectivity index (χ1n) is 6.53. The van der Waals surface area contributed by atoms with Gasteiger partial charge in [-0.25, -0.2) is 0 Å². The van der Waals surface area contributed by atoms with Gasteiger partial charge in [-0.15, -0.1) is 0 Å². The molecule has 0 rings (SSSR count). The van der Waals surface area contributed by atoms with Crippen LogP contribution in [-0.4, -0.2) is 47.7 Å². The van der Waals surface area contributed by atoms with E-state index < -0.39 is 36.2 Å². The molecule has 0 aromatic heterocycles. The Hall–Kier alpha value is -1.76. The number of hydrogen-bond acceptors (Lipinski definition) is 5. The summed E-state index contributed by atoms with van der Waals surface area (Å²) < 4.78 is 0. The van der Waals surface area contributed by atoms with Crippen molar-refractivity contribution in [3.8, 4) is 0 Å². The lowest BCUT2D eigenvalue weighted by Gasteiger charge is -2.19. The molecule has 2 atom stereocenters. The number of amides is 1. The molecule has 7 nitrogen and oxygen atoms in total. The Labute approximate surface area is 118 Å². The first-order chi connectivity index (χ1) is 9.31. The van der Waals surface area contributed by atoms with Crippen molar-refractivity contribution in [3.05, 3.63) is 0 Å². The van der Waals surface area contributed by atoms with Gasteiger partial charge in [0.2, 0.25) is 5.91 Å². The lowest BCUT2D eigenvalue weighted by molar-refractivity contribution is -0.140. The summed E-state index contributed by atoms with van der Waals surface area (Å²) in [5.41, 5.74) is 0. The van der Waals surface area contributed by atoms with Gasteiger partial charge in [-0.2, -0.15) is 0 Å². The Morgan fingerprint density at radius 2 is 1.70 bits per heavy atom. The van der Waals surface area contributed by atoms with E-state index in [1.54, 1.807) is 0 Å². The highest BCUT2D eigenvalue weighted by atomic mass is 16.4. The van der Waals surface area contributed by atoms with E-state index in [-0.39, 0.29) is 12.2 Å². The third kappa shape index (κ3) is 6.98. The Kier molecular flexibility index (Phi) is 8.38. The van der Waals surface area contributed by atoms with E-state index >= 15 is 0 Å². The van der Waals surface area contributed by atoms with Crippen LogP contribution in [0.5, 0.6) is 0 Å². The summed E-state index contributed by atoms with van der Waals surface area (Å²) in [4.78, 5) is 45.4. The maximum absolute atomic E-state index is 11.9. The molecule has 114 valence electrons. The first kappa shape index (κ1) is 18.2. The molecule has 2 unspecified atom stereocenters. The van der Waals surface area contributed by atoms with E-state index in [0.717, 1.165) is 0 Å². The fraction of sp³-hybridized carbons (Fsp3) is 0.692. The third-order valence-corrected chi connectivity index (χ3v) is 2.81. The molecule has 0 aromatic rings. The predicted molar refractivity (Wildman–Crippen MR) is 72.2 cm³/mol. The molecule has 0 saturated heterocycles. The van der Waals surface area contributed by atoms with Gasteiger partial charge < -0.3 is 15.7 Å². The van der Waals surface area contributed by atoms with Gasteiger partial charge in [0.05, 0.1) is 18.5 Å². The highest BCUT2D eigenvalue weighted by Gasteiger charge is 2.25. The largest absolute Gasteiger partial charge is 0.481 e. The Balaban J connectivity index is 4.62. The molecule has 0 aliphatic carbocycles. The van der Waals surface area contributed by atoms with Crippen LogP contribution in [-0.2, 0) is 19.2 Å². The van der Waals surface area contributed by atoms with Crippen LogP contribution >= 0.6 is 0 Å². The van der Waals surface area contributed by atoms with Crippen molar-refractivity contribution in [3.63, 3.8) is 0 Å². The predicted octanol–water partition coefficient (Wildman–Crippen LogP) is -0.118. The maximum atomic E-state index is 11.9. The molecule has 0 aliphatic rings. The molecule has 0 heterocycles. The van der Waals surface area contributed by atoms with Crippen molar-refractivity contribution in [1.29, 1.82) is 0 Å². The minimum Gasteiger partial charge on any atom is -0.481 e. The number of nitrogens with one attached hydrogen (secondary N) is 2. The molecule has 0 bridgehead atoms. The Morgan fingerprint density at radius 1 is 1.10 bits per heavy atom. The van der Waals surface area contributed by atoms with Crippen LogP contribution in [0.4, 0.5) is 0 Å². The number of carboxylic acids is 1. The summed E-state index contributed by atoms with van der Waals surface area (Å²) >= 11 is 0. The quantitative estimate of drug-likeness (QED) is 0.516. The summed E-state index contributed by atoms with van der Waals surface area (Å²) in [6.45, 7) is 3.08. The van der Waals surface area contributed by atoms with Gasteiger partial charge in [-0.3, -0.25) is 19.2 Å². The average Bonchev–Trinajstić information content (AvgIpc) is 2.34. The van der Waals surface area contributed by atoms with Gasteiger partial charge in [0.1, 0.15) is 5.78 Å². The molecule has 0 fully saturated rings. The van der Waals surface area contributed by atoms with E-state index in [9.17, 15) is 19.2 Å². The van der Waals surface area contributed by atoms with E-state index in [4.69, 9.17) is 5.11 Å². The van der Waals surface area contributed by atoms with Crippen LogP contribution in [0.15, 0.2) is 0 Å². The molecule has 7 heteroatoms. The van der Waals surface area contributed by atoms with Crippen molar-refractivity contribution < 1.29 is 24.3 Å².